The quantitative estimate of drug-likeness (QED) is 0.442. The number of allylic oxidation sites excluding steroid dienone is 3. The molecule has 0 aromatic heterocycles. The van der Waals surface area contributed by atoms with E-state index in [1.807, 2.05) is 0 Å². The van der Waals surface area contributed by atoms with Gasteiger partial charge in [0, 0.05) is 18.4 Å². The number of ketones is 1. The van der Waals surface area contributed by atoms with Crippen LogP contribution in [0.25, 0.3) is 0 Å². The summed E-state index contributed by atoms with van der Waals surface area (Å²) in [5.41, 5.74) is 0.464. The largest absolute Gasteiger partial charge is 0.299 e. The number of hydrogen-bond donors (Lipinski definition) is 0. The summed E-state index contributed by atoms with van der Waals surface area (Å²) in [6.45, 7) is 0. The van der Waals surface area contributed by atoms with Crippen LogP contribution in [-0.4, -0.2) is 11.7 Å². The van der Waals surface area contributed by atoms with Gasteiger partial charge in [0.15, 0.2) is 0 Å². The molecule has 1 aliphatic rings. The highest BCUT2D eigenvalue weighted by Crippen LogP contribution is 2.08. The third kappa shape index (κ3) is 1.37. The molecule has 0 radical (unpaired) electrons. The van der Waals surface area contributed by atoms with Gasteiger partial charge in [0.05, 0.1) is 0 Å². The lowest BCUT2D eigenvalue weighted by atomic mass is 10.0. The summed E-state index contributed by atoms with van der Waals surface area (Å²) < 4.78 is 0. The molecule has 0 amide bonds. The van der Waals surface area contributed by atoms with Gasteiger partial charge in [-0.3, -0.25) is 4.79 Å². The van der Waals surface area contributed by atoms with E-state index >= 15 is 0 Å². The minimum Gasteiger partial charge on any atom is -0.299 e. The van der Waals surface area contributed by atoms with Gasteiger partial charge in [0.2, 0.25) is 0 Å². The Morgan fingerprint density at radius 1 is 1.56 bits per heavy atom. The van der Waals surface area contributed by atoms with Gasteiger partial charge in [-0.25, -0.2) is 4.79 Å². The van der Waals surface area contributed by atoms with Gasteiger partial charge in [-0.15, -0.1) is 0 Å². The van der Waals surface area contributed by atoms with Gasteiger partial charge in [-0.05, 0) is 0 Å². The molecule has 46 valence electrons. The SMILES string of the molecule is O=C=C1C=CCC(=O)C1. The average Bonchev–Trinajstić information content (AvgIpc) is 1.88. The second-order valence-corrected chi connectivity index (χ2v) is 1.95. The third-order valence-corrected chi connectivity index (χ3v) is 1.18. The standard InChI is InChI=1S/C7H6O2/c8-5-6-2-1-3-7(9)4-6/h1-2H,3-4H2. The summed E-state index contributed by atoms with van der Waals surface area (Å²) in [5, 5.41) is 0. The lowest BCUT2D eigenvalue weighted by molar-refractivity contribution is -0.117. The van der Waals surface area contributed by atoms with Crippen molar-refractivity contribution in [2.24, 2.45) is 0 Å². The van der Waals surface area contributed by atoms with Crippen LogP contribution in [0.4, 0.5) is 0 Å². The van der Waals surface area contributed by atoms with Crippen molar-refractivity contribution >= 4 is 11.7 Å². The van der Waals surface area contributed by atoms with Crippen LogP contribution in [0.1, 0.15) is 12.8 Å². The Morgan fingerprint density at radius 2 is 2.33 bits per heavy atom. The topological polar surface area (TPSA) is 34.1 Å². The molecule has 9 heavy (non-hydrogen) atoms. The van der Waals surface area contributed by atoms with Crippen LogP contribution in [0.3, 0.4) is 0 Å². The second kappa shape index (κ2) is 2.42. The van der Waals surface area contributed by atoms with Crippen LogP contribution in [0.15, 0.2) is 17.7 Å². The molecule has 0 fully saturated rings. The first-order valence-corrected chi connectivity index (χ1v) is 2.75. The predicted octanol–water partition coefficient (Wildman–Crippen LogP) is 0.663. The van der Waals surface area contributed by atoms with Gasteiger partial charge < -0.3 is 0 Å². The minimum atomic E-state index is 0.0934. The van der Waals surface area contributed by atoms with E-state index in [0.29, 0.717) is 12.0 Å². The highest BCUT2D eigenvalue weighted by atomic mass is 16.1. The summed E-state index contributed by atoms with van der Waals surface area (Å²) in [6.07, 6.45) is 4.06. The van der Waals surface area contributed by atoms with E-state index in [2.05, 4.69) is 0 Å². The van der Waals surface area contributed by atoms with E-state index in [1.54, 1.807) is 18.1 Å². The highest BCUT2D eigenvalue weighted by Gasteiger charge is 2.07. The number of carbonyl (C=O) groups excluding carboxylic acids is 2. The van der Waals surface area contributed by atoms with Gasteiger partial charge >= 0.3 is 0 Å². The fourth-order valence-corrected chi connectivity index (χ4v) is 0.746. The van der Waals surface area contributed by atoms with Crippen molar-refractivity contribution in [2.45, 2.75) is 12.8 Å². The molecule has 0 spiro atoms. The van der Waals surface area contributed by atoms with Crippen molar-refractivity contribution in [3.63, 3.8) is 0 Å². The zero-order valence-electron chi connectivity index (χ0n) is 4.89. The molecular weight excluding hydrogens is 116 g/mol. The van der Waals surface area contributed by atoms with Crippen LogP contribution >= 0.6 is 0 Å². The Morgan fingerprint density at radius 3 is 2.78 bits per heavy atom. The minimum absolute atomic E-state index is 0.0934. The molecule has 1 aliphatic carbocycles. The first kappa shape index (κ1) is 5.99. The predicted molar refractivity (Wildman–Crippen MR) is 32.6 cm³/mol. The van der Waals surface area contributed by atoms with Gasteiger partial charge in [0.25, 0.3) is 0 Å². The third-order valence-electron chi connectivity index (χ3n) is 1.18. The van der Waals surface area contributed by atoms with Crippen molar-refractivity contribution in [1.29, 1.82) is 0 Å². The van der Waals surface area contributed by atoms with E-state index in [1.165, 1.54) is 0 Å². The van der Waals surface area contributed by atoms with E-state index in [9.17, 15) is 9.59 Å². The molecule has 0 N–H and O–H groups in total. The lowest BCUT2D eigenvalue weighted by Crippen LogP contribution is -2.01. The van der Waals surface area contributed by atoms with E-state index in [-0.39, 0.29) is 12.2 Å². The summed E-state index contributed by atoms with van der Waals surface area (Å²) in [6, 6.07) is 0. The molecule has 0 bridgehead atoms. The molecule has 1 rings (SSSR count). The molecule has 0 heterocycles. The molecule has 0 saturated carbocycles. The summed E-state index contributed by atoms with van der Waals surface area (Å²) in [7, 11) is 0. The maximum atomic E-state index is 10.6. The molecule has 2 nitrogen and oxygen atoms in total. The highest BCUT2D eigenvalue weighted by molar-refractivity contribution is 5.87. The maximum Gasteiger partial charge on any atom is 0.141 e. The summed E-state index contributed by atoms with van der Waals surface area (Å²) >= 11 is 0. The lowest BCUT2D eigenvalue weighted by Gasteiger charge is -1.99. The number of hydrogen-bond acceptors (Lipinski definition) is 2. The monoisotopic (exact) mass is 122 g/mol. The van der Waals surface area contributed by atoms with Gasteiger partial charge in [0.1, 0.15) is 11.7 Å². The van der Waals surface area contributed by atoms with Crippen LogP contribution in [0, 0.1) is 0 Å². The Bertz CT molecular complexity index is 207. The number of rotatable bonds is 0. The van der Waals surface area contributed by atoms with Crippen molar-refractivity contribution < 1.29 is 9.59 Å². The smallest absolute Gasteiger partial charge is 0.141 e. The molecule has 0 atom stereocenters. The Hall–Kier alpha value is -1.14. The number of Topliss-reactive ketones (excluding diaryl/α,β-unsaturated/α-hetero) is 1. The zero-order chi connectivity index (χ0) is 6.69. The zero-order valence-corrected chi connectivity index (χ0v) is 4.89. The van der Waals surface area contributed by atoms with Crippen LogP contribution in [-0.2, 0) is 9.59 Å². The molecule has 0 unspecified atom stereocenters. The van der Waals surface area contributed by atoms with Crippen molar-refractivity contribution in [2.75, 3.05) is 0 Å². The Kier molecular flexibility index (Phi) is 1.61. The molecule has 2 heteroatoms. The van der Waals surface area contributed by atoms with Crippen molar-refractivity contribution in [3.8, 4) is 0 Å². The average molecular weight is 122 g/mol. The van der Waals surface area contributed by atoms with Crippen molar-refractivity contribution in [3.05, 3.63) is 17.7 Å². The summed E-state index contributed by atoms with van der Waals surface area (Å²) in [4.78, 5) is 20.5. The molecule has 0 aliphatic heterocycles. The Balaban J connectivity index is 2.83. The summed E-state index contributed by atoms with van der Waals surface area (Å²) in [5.74, 6) is 1.79. The van der Waals surface area contributed by atoms with Crippen molar-refractivity contribution in [1.82, 2.24) is 0 Å². The van der Waals surface area contributed by atoms with Gasteiger partial charge in [-0.1, -0.05) is 12.2 Å². The van der Waals surface area contributed by atoms with E-state index < -0.39 is 0 Å². The fraction of sp³-hybridized carbons (Fsp3) is 0.286. The fourth-order valence-electron chi connectivity index (χ4n) is 0.746. The van der Waals surface area contributed by atoms with Gasteiger partial charge in [-0.2, -0.15) is 0 Å². The van der Waals surface area contributed by atoms with E-state index in [4.69, 9.17) is 0 Å². The normalized spacial score (nSPS) is 17.8. The first-order valence-electron chi connectivity index (χ1n) is 2.75. The Labute approximate surface area is 52.9 Å². The molecular formula is C7H6O2. The maximum absolute atomic E-state index is 10.6. The van der Waals surface area contributed by atoms with Crippen LogP contribution in [0.5, 0.6) is 0 Å². The first-order chi connectivity index (χ1) is 4.33. The molecule has 0 saturated heterocycles. The van der Waals surface area contributed by atoms with Crippen LogP contribution < -0.4 is 0 Å². The van der Waals surface area contributed by atoms with Crippen LogP contribution in [0.2, 0.25) is 0 Å². The molecule has 0 aromatic carbocycles. The second-order valence-electron chi connectivity index (χ2n) is 1.95. The number of carbonyl (C=O) groups is 1. The van der Waals surface area contributed by atoms with E-state index in [0.717, 1.165) is 0 Å². The molecule has 0 aromatic rings.